The number of fused-ring (bicyclic) bond motifs is 1. The molecular formula is C14H25N3O2. The van der Waals surface area contributed by atoms with Crippen LogP contribution >= 0.6 is 0 Å². The summed E-state index contributed by atoms with van der Waals surface area (Å²) in [4.78, 5) is 16.4. The first-order valence-corrected chi connectivity index (χ1v) is 7.33. The van der Waals surface area contributed by atoms with Crippen molar-refractivity contribution in [2.24, 2.45) is 17.6 Å². The lowest BCUT2D eigenvalue weighted by atomic mass is 10.2. The summed E-state index contributed by atoms with van der Waals surface area (Å²) in [6.07, 6.45) is 0.893. The first-order valence-electron chi connectivity index (χ1n) is 7.33. The maximum absolute atomic E-state index is 12.0. The lowest BCUT2D eigenvalue weighted by molar-refractivity contribution is 0.0281. The third kappa shape index (κ3) is 2.58. The Morgan fingerprint density at radius 3 is 2.42 bits per heavy atom. The fraction of sp³-hybridized carbons (Fsp3) is 0.929. The van der Waals surface area contributed by atoms with Gasteiger partial charge in [0, 0.05) is 38.3 Å². The molecule has 0 radical (unpaired) electrons. The van der Waals surface area contributed by atoms with Crippen LogP contribution in [-0.4, -0.2) is 59.8 Å². The number of hydrogen-bond donors (Lipinski definition) is 1. The van der Waals surface area contributed by atoms with Crippen molar-refractivity contribution in [3.8, 4) is 0 Å². The van der Waals surface area contributed by atoms with E-state index in [2.05, 4.69) is 4.90 Å². The molecule has 2 N–H and O–H groups in total. The monoisotopic (exact) mass is 267 g/mol. The molecule has 0 aromatic rings. The maximum Gasteiger partial charge on any atom is 0.410 e. The fourth-order valence-electron chi connectivity index (χ4n) is 3.44. The van der Waals surface area contributed by atoms with Crippen molar-refractivity contribution in [2.45, 2.75) is 44.9 Å². The standard InChI is InChI=1S/C14H25N3O2/c1-14(2,3)19-13(18)16-5-4-9(6-16)17-7-10-11(8-17)12(10)15/h9-12H,4-8,15H2,1-3H3. The smallest absolute Gasteiger partial charge is 0.410 e. The summed E-state index contributed by atoms with van der Waals surface area (Å²) in [7, 11) is 0. The molecule has 2 saturated heterocycles. The first kappa shape index (κ1) is 13.2. The summed E-state index contributed by atoms with van der Waals surface area (Å²) in [5, 5.41) is 0. The second kappa shape index (κ2) is 4.35. The molecule has 3 unspecified atom stereocenters. The molecule has 2 heterocycles. The van der Waals surface area contributed by atoms with Crippen molar-refractivity contribution in [1.82, 2.24) is 9.80 Å². The molecule has 0 spiro atoms. The van der Waals surface area contributed by atoms with Crippen LogP contribution in [0.3, 0.4) is 0 Å². The van der Waals surface area contributed by atoms with Crippen molar-refractivity contribution < 1.29 is 9.53 Å². The van der Waals surface area contributed by atoms with E-state index in [1.54, 1.807) is 0 Å². The van der Waals surface area contributed by atoms with Crippen molar-refractivity contribution in [1.29, 1.82) is 0 Å². The minimum absolute atomic E-state index is 0.170. The number of likely N-dealkylation sites (tertiary alicyclic amines) is 2. The molecule has 3 aliphatic rings. The molecule has 1 saturated carbocycles. The predicted octanol–water partition coefficient (Wildman–Crippen LogP) is 0.885. The summed E-state index contributed by atoms with van der Waals surface area (Å²) in [5.41, 5.74) is 5.56. The zero-order chi connectivity index (χ0) is 13.8. The normalized spacial score (nSPS) is 38.4. The van der Waals surface area contributed by atoms with Gasteiger partial charge in [-0.1, -0.05) is 0 Å². The van der Waals surface area contributed by atoms with Crippen molar-refractivity contribution in [3.63, 3.8) is 0 Å². The van der Waals surface area contributed by atoms with E-state index < -0.39 is 5.60 Å². The van der Waals surface area contributed by atoms with Crippen molar-refractivity contribution in [2.75, 3.05) is 26.2 Å². The summed E-state index contributed by atoms with van der Waals surface area (Å²) in [6.45, 7) is 9.61. The van der Waals surface area contributed by atoms with Crippen LogP contribution in [0.1, 0.15) is 27.2 Å². The molecule has 0 aromatic heterocycles. The number of rotatable bonds is 1. The summed E-state index contributed by atoms with van der Waals surface area (Å²) >= 11 is 0. The number of ether oxygens (including phenoxy) is 1. The first-order chi connectivity index (χ1) is 8.85. The molecule has 5 nitrogen and oxygen atoms in total. The Hall–Kier alpha value is -0.810. The molecule has 3 atom stereocenters. The molecule has 19 heavy (non-hydrogen) atoms. The van der Waals surface area contributed by atoms with Crippen molar-refractivity contribution in [3.05, 3.63) is 0 Å². The second-order valence-corrected chi connectivity index (χ2v) is 7.23. The number of carbonyl (C=O) groups is 1. The van der Waals surface area contributed by atoms with Gasteiger partial charge in [0.15, 0.2) is 0 Å². The fourth-order valence-corrected chi connectivity index (χ4v) is 3.44. The van der Waals surface area contributed by atoms with Gasteiger partial charge in [0.25, 0.3) is 0 Å². The largest absolute Gasteiger partial charge is 0.444 e. The highest BCUT2D eigenvalue weighted by Crippen LogP contribution is 2.45. The zero-order valence-corrected chi connectivity index (χ0v) is 12.1. The third-order valence-corrected chi connectivity index (χ3v) is 4.62. The van der Waals surface area contributed by atoms with Gasteiger partial charge in [0.2, 0.25) is 0 Å². The minimum Gasteiger partial charge on any atom is -0.444 e. The van der Waals surface area contributed by atoms with Gasteiger partial charge >= 0.3 is 6.09 Å². The van der Waals surface area contributed by atoms with E-state index in [4.69, 9.17) is 10.5 Å². The third-order valence-electron chi connectivity index (χ3n) is 4.62. The van der Waals surface area contributed by atoms with E-state index in [0.717, 1.165) is 44.4 Å². The Labute approximate surface area is 115 Å². The highest BCUT2D eigenvalue weighted by atomic mass is 16.6. The van der Waals surface area contributed by atoms with E-state index in [9.17, 15) is 4.79 Å². The number of piperidine rings is 1. The number of nitrogens with zero attached hydrogens (tertiary/aromatic N) is 2. The average Bonchev–Trinajstić information content (AvgIpc) is 2.81. The van der Waals surface area contributed by atoms with Gasteiger partial charge in [0.05, 0.1) is 0 Å². The van der Waals surface area contributed by atoms with E-state index in [1.165, 1.54) is 0 Å². The lowest BCUT2D eigenvalue weighted by Gasteiger charge is -2.27. The molecule has 1 aliphatic carbocycles. The van der Waals surface area contributed by atoms with Gasteiger partial charge in [0.1, 0.15) is 5.60 Å². The Morgan fingerprint density at radius 2 is 1.84 bits per heavy atom. The maximum atomic E-state index is 12.0. The number of carbonyl (C=O) groups excluding carboxylic acids is 1. The van der Waals surface area contributed by atoms with Crippen LogP contribution in [0.2, 0.25) is 0 Å². The summed E-state index contributed by atoms with van der Waals surface area (Å²) in [6, 6.07) is 0.951. The van der Waals surface area contributed by atoms with Crippen molar-refractivity contribution >= 4 is 6.09 Å². The van der Waals surface area contributed by atoms with Crippen LogP contribution in [0, 0.1) is 11.8 Å². The van der Waals surface area contributed by atoms with Gasteiger partial charge < -0.3 is 15.4 Å². The van der Waals surface area contributed by atoms with Gasteiger partial charge in [-0.25, -0.2) is 4.79 Å². The van der Waals surface area contributed by atoms with Crippen LogP contribution in [0.15, 0.2) is 0 Å². The molecular weight excluding hydrogens is 242 g/mol. The Morgan fingerprint density at radius 1 is 1.21 bits per heavy atom. The molecule has 108 valence electrons. The van der Waals surface area contributed by atoms with Gasteiger partial charge in [-0.2, -0.15) is 0 Å². The number of nitrogens with two attached hydrogens (primary N) is 1. The van der Waals surface area contributed by atoms with Gasteiger partial charge in [-0.3, -0.25) is 4.90 Å². The second-order valence-electron chi connectivity index (χ2n) is 7.23. The molecule has 0 bridgehead atoms. The SMILES string of the molecule is CC(C)(C)OC(=O)N1CCC(N2CC3C(N)C3C2)C1. The van der Waals surface area contributed by atoms with E-state index in [1.807, 2.05) is 25.7 Å². The van der Waals surface area contributed by atoms with Crippen LogP contribution in [-0.2, 0) is 4.74 Å². The highest BCUT2D eigenvalue weighted by molar-refractivity contribution is 5.68. The van der Waals surface area contributed by atoms with Crippen LogP contribution in [0.5, 0.6) is 0 Å². The van der Waals surface area contributed by atoms with E-state index >= 15 is 0 Å². The van der Waals surface area contributed by atoms with E-state index in [0.29, 0.717) is 12.1 Å². The zero-order valence-electron chi connectivity index (χ0n) is 12.1. The Balaban J connectivity index is 1.49. The molecule has 0 aromatic carbocycles. The molecule has 1 amide bonds. The average molecular weight is 267 g/mol. The van der Waals surface area contributed by atoms with Gasteiger partial charge in [-0.15, -0.1) is 0 Å². The predicted molar refractivity (Wildman–Crippen MR) is 72.7 cm³/mol. The quantitative estimate of drug-likeness (QED) is 0.766. The molecule has 5 heteroatoms. The molecule has 3 fully saturated rings. The van der Waals surface area contributed by atoms with Crippen LogP contribution in [0.4, 0.5) is 4.79 Å². The summed E-state index contributed by atoms with van der Waals surface area (Å²) < 4.78 is 5.43. The minimum atomic E-state index is -0.406. The summed E-state index contributed by atoms with van der Waals surface area (Å²) in [5.74, 6) is 1.44. The topological polar surface area (TPSA) is 58.8 Å². The Kier molecular flexibility index (Phi) is 3.02. The lowest BCUT2D eigenvalue weighted by Crippen LogP contribution is -2.41. The molecule has 2 aliphatic heterocycles. The highest BCUT2D eigenvalue weighted by Gasteiger charge is 2.55. The number of amides is 1. The van der Waals surface area contributed by atoms with E-state index in [-0.39, 0.29) is 6.09 Å². The van der Waals surface area contributed by atoms with Crippen LogP contribution in [0.25, 0.3) is 0 Å². The number of hydrogen-bond acceptors (Lipinski definition) is 4. The molecule has 3 rings (SSSR count). The Bertz CT molecular complexity index is 367. The van der Waals surface area contributed by atoms with Gasteiger partial charge in [-0.05, 0) is 39.0 Å². The van der Waals surface area contributed by atoms with Crippen LogP contribution < -0.4 is 5.73 Å².